The monoisotopic (exact) mass is 391 g/mol. The van der Waals surface area contributed by atoms with Crippen LogP contribution in [0.4, 0.5) is 27.9 Å². The van der Waals surface area contributed by atoms with Crippen molar-refractivity contribution in [2.45, 2.75) is 37.6 Å². The lowest BCUT2D eigenvalue weighted by molar-refractivity contribution is 0.277. The molecule has 27 heavy (non-hydrogen) atoms. The third kappa shape index (κ3) is 5.20. The van der Waals surface area contributed by atoms with E-state index in [9.17, 15) is 4.39 Å². The molecule has 1 aliphatic rings. The van der Waals surface area contributed by atoms with Gasteiger partial charge in [0.1, 0.15) is 5.82 Å². The van der Waals surface area contributed by atoms with Gasteiger partial charge >= 0.3 is 0 Å². The Morgan fingerprint density at radius 2 is 1.89 bits per heavy atom. The topological polar surface area (TPSA) is 78.0 Å². The molecule has 2 aromatic rings. The summed E-state index contributed by atoms with van der Waals surface area (Å²) in [5.41, 5.74) is 0.554. The molecule has 0 spiro atoms. The first-order chi connectivity index (χ1) is 13.1. The number of rotatable bonds is 8. The van der Waals surface area contributed by atoms with Gasteiger partial charge in [-0.2, -0.15) is 15.0 Å². The summed E-state index contributed by atoms with van der Waals surface area (Å²) >= 11 is 4.05. The number of aromatic nitrogens is 3. The Labute approximate surface area is 164 Å². The molecule has 146 valence electrons. The minimum atomic E-state index is -0.400. The quantitative estimate of drug-likeness (QED) is 0.514. The lowest BCUT2D eigenvalue weighted by atomic mass is 10.2. The second kappa shape index (κ2) is 9.18. The molecule has 0 aliphatic carbocycles. The van der Waals surface area contributed by atoms with Gasteiger partial charge in [0.2, 0.25) is 17.8 Å². The maximum absolute atomic E-state index is 13.7. The molecule has 1 aromatic heterocycles. The average Bonchev–Trinajstić information content (AvgIpc) is 3.11. The summed E-state index contributed by atoms with van der Waals surface area (Å²) in [7, 11) is 0. The molecule has 2 heterocycles. The van der Waals surface area contributed by atoms with E-state index in [2.05, 4.69) is 55.4 Å². The van der Waals surface area contributed by atoms with Gasteiger partial charge in [0.05, 0.1) is 0 Å². The summed E-state index contributed by atoms with van der Waals surface area (Å²) in [4.78, 5) is 15.9. The van der Waals surface area contributed by atoms with Crippen LogP contribution in [0.15, 0.2) is 23.1 Å². The van der Waals surface area contributed by atoms with Crippen LogP contribution in [0.5, 0.6) is 0 Å². The van der Waals surface area contributed by atoms with Crippen molar-refractivity contribution >= 4 is 36.2 Å². The van der Waals surface area contributed by atoms with Crippen LogP contribution in [0.1, 0.15) is 26.7 Å². The SMILES string of the molecule is CCNc1nc(NCC2CCCN2CC)nc(Nc2ccc(S)c(F)c2)n1. The smallest absolute Gasteiger partial charge is 0.233 e. The van der Waals surface area contributed by atoms with E-state index in [-0.39, 0.29) is 0 Å². The molecule has 3 N–H and O–H groups in total. The minimum absolute atomic E-state index is 0.295. The Morgan fingerprint density at radius 1 is 1.15 bits per heavy atom. The number of nitrogens with zero attached hydrogens (tertiary/aromatic N) is 4. The molecule has 1 unspecified atom stereocenters. The number of likely N-dealkylation sites (tertiary alicyclic amines) is 1. The number of thiol groups is 1. The Kier molecular flexibility index (Phi) is 6.68. The third-order valence-corrected chi connectivity index (χ3v) is 4.94. The number of halogens is 1. The fourth-order valence-corrected chi connectivity index (χ4v) is 3.35. The summed E-state index contributed by atoms with van der Waals surface area (Å²) in [6.07, 6.45) is 2.39. The first-order valence-electron chi connectivity index (χ1n) is 9.32. The molecule has 1 saturated heterocycles. The predicted molar refractivity (Wildman–Crippen MR) is 110 cm³/mol. The van der Waals surface area contributed by atoms with E-state index in [0.717, 1.165) is 19.6 Å². The zero-order valence-corrected chi connectivity index (χ0v) is 16.6. The predicted octanol–water partition coefficient (Wildman–Crippen LogP) is 3.37. The maximum Gasteiger partial charge on any atom is 0.233 e. The lowest BCUT2D eigenvalue weighted by Gasteiger charge is -2.23. The van der Waals surface area contributed by atoms with Gasteiger partial charge in [-0.25, -0.2) is 4.39 Å². The van der Waals surface area contributed by atoms with Crippen molar-refractivity contribution in [3.8, 4) is 0 Å². The van der Waals surface area contributed by atoms with Crippen molar-refractivity contribution in [1.82, 2.24) is 19.9 Å². The Morgan fingerprint density at radius 3 is 2.59 bits per heavy atom. The van der Waals surface area contributed by atoms with E-state index >= 15 is 0 Å². The molecule has 0 amide bonds. The van der Waals surface area contributed by atoms with Gasteiger partial charge in [-0.1, -0.05) is 6.92 Å². The highest BCUT2D eigenvalue weighted by molar-refractivity contribution is 7.80. The van der Waals surface area contributed by atoms with Crippen LogP contribution < -0.4 is 16.0 Å². The lowest BCUT2D eigenvalue weighted by Crippen LogP contribution is -2.35. The molecule has 1 atom stereocenters. The van der Waals surface area contributed by atoms with Gasteiger partial charge in [-0.3, -0.25) is 4.90 Å². The molecule has 1 aromatic carbocycles. The van der Waals surface area contributed by atoms with Crippen molar-refractivity contribution in [3.05, 3.63) is 24.0 Å². The van der Waals surface area contributed by atoms with Gasteiger partial charge in [0.15, 0.2) is 0 Å². The minimum Gasteiger partial charge on any atom is -0.354 e. The number of hydrogen-bond donors (Lipinski definition) is 4. The Hall–Kier alpha value is -2.13. The van der Waals surface area contributed by atoms with Crippen molar-refractivity contribution in [2.75, 3.05) is 42.1 Å². The van der Waals surface area contributed by atoms with Crippen LogP contribution in [0.3, 0.4) is 0 Å². The van der Waals surface area contributed by atoms with Crippen LogP contribution in [0.25, 0.3) is 0 Å². The van der Waals surface area contributed by atoms with Gasteiger partial charge in [-0.05, 0) is 51.1 Å². The normalized spacial score (nSPS) is 17.1. The van der Waals surface area contributed by atoms with Crippen molar-refractivity contribution in [1.29, 1.82) is 0 Å². The first-order valence-corrected chi connectivity index (χ1v) is 9.77. The van der Waals surface area contributed by atoms with Crippen molar-refractivity contribution in [2.24, 2.45) is 0 Å². The summed E-state index contributed by atoms with van der Waals surface area (Å²) in [5.74, 6) is 0.928. The standard InChI is InChI=1S/C18H26FN7S/c1-3-20-16-23-17(21-11-13-6-5-9-26(13)4-2)25-18(24-16)22-12-7-8-15(27)14(19)10-12/h7-8,10,13,27H,3-6,9,11H2,1-2H3,(H3,20,21,22,23,24,25). The molecule has 0 bridgehead atoms. The van der Waals surface area contributed by atoms with Crippen LogP contribution in [0.2, 0.25) is 0 Å². The van der Waals surface area contributed by atoms with E-state index in [1.165, 1.54) is 18.9 Å². The van der Waals surface area contributed by atoms with E-state index in [4.69, 9.17) is 0 Å². The maximum atomic E-state index is 13.7. The van der Waals surface area contributed by atoms with Gasteiger partial charge in [0, 0.05) is 29.7 Å². The fraction of sp³-hybridized carbons (Fsp3) is 0.500. The van der Waals surface area contributed by atoms with Crippen molar-refractivity contribution in [3.63, 3.8) is 0 Å². The van der Waals surface area contributed by atoms with Gasteiger partial charge in [-0.15, -0.1) is 12.6 Å². The summed E-state index contributed by atoms with van der Waals surface area (Å²) < 4.78 is 13.7. The van der Waals surface area contributed by atoms with Gasteiger partial charge < -0.3 is 16.0 Å². The zero-order valence-electron chi connectivity index (χ0n) is 15.7. The van der Waals surface area contributed by atoms with Crippen molar-refractivity contribution < 1.29 is 4.39 Å². The third-order valence-electron chi connectivity index (χ3n) is 4.58. The molecular formula is C18H26FN7S. The summed E-state index contributed by atoms with van der Waals surface area (Å²) in [6.45, 7) is 7.82. The Bertz CT molecular complexity index is 773. The molecule has 3 rings (SSSR count). The van der Waals surface area contributed by atoms with Crippen LogP contribution >= 0.6 is 12.6 Å². The fourth-order valence-electron chi connectivity index (χ4n) is 3.21. The van der Waals surface area contributed by atoms with E-state index < -0.39 is 5.82 Å². The second-order valence-electron chi connectivity index (χ2n) is 6.43. The van der Waals surface area contributed by atoms with Crippen LogP contribution in [-0.2, 0) is 0 Å². The zero-order chi connectivity index (χ0) is 19.2. The van der Waals surface area contributed by atoms with E-state index in [0.29, 0.717) is 41.0 Å². The molecule has 0 saturated carbocycles. The summed E-state index contributed by atoms with van der Waals surface area (Å²) in [6, 6.07) is 5.17. The number of likely N-dealkylation sites (N-methyl/N-ethyl adjacent to an activating group) is 1. The number of anilines is 4. The van der Waals surface area contributed by atoms with Crippen LogP contribution in [-0.4, -0.2) is 52.1 Å². The largest absolute Gasteiger partial charge is 0.354 e. The Balaban J connectivity index is 1.74. The molecule has 0 radical (unpaired) electrons. The number of benzene rings is 1. The molecule has 9 heteroatoms. The van der Waals surface area contributed by atoms with Gasteiger partial charge in [0.25, 0.3) is 0 Å². The highest BCUT2D eigenvalue weighted by atomic mass is 32.1. The number of nitrogens with one attached hydrogen (secondary N) is 3. The number of hydrogen-bond acceptors (Lipinski definition) is 8. The average molecular weight is 392 g/mol. The second-order valence-corrected chi connectivity index (χ2v) is 6.92. The molecule has 1 aliphatic heterocycles. The van der Waals surface area contributed by atoms with E-state index in [1.54, 1.807) is 12.1 Å². The van der Waals surface area contributed by atoms with E-state index in [1.807, 2.05) is 6.92 Å². The molecular weight excluding hydrogens is 365 g/mol. The first kappa shape index (κ1) is 19.6. The molecule has 1 fully saturated rings. The molecule has 7 nitrogen and oxygen atoms in total. The highest BCUT2D eigenvalue weighted by Gasteiger charge is 2.22. The van der Waals surface area contributed by atoms with Crippen LogP contribution in [0, 0.1) is 5.82 Å². The summed E-state index contributed by atoms with van der Waals surface area (Å²) in [5, 5.41) is 9.46. The highest BCUT2D eigenvalue weighted by Crippen LogP contribution is 2.21.